The van der Waals surface area contributed by atoms with Crippen LogP contribution < -0.4 is 14.2 Å². The number of nitrogens with one attached hydrogen (secondary N) is 2. The number of aromatic amines is 1. The molecule has 2 aliphatic rings. The van der Waals surface area contributed by atoms with E-state index in [1.54, 1.807) is 36.7 Å². The zero-order chi connectivity index (χ0) is 21.6. The summed E-state index contributed by atoms with van der Waals surface area (Å²) in [7, 11) is -2.54. The molecule has 2 saturated carbocycles. The summed E-state index contributed by atoms with van der Waals surface area (Å²) in [4.78, 5) is 20.7. The molecule has 2 heterocycles. The molecule has 0 bridgehead atoms. The standard InChI is InChI=1S/C22H23N3O5S/c1-29-15-11-17(20(24-12-15)30-13-14-5-6-14)22(8-9-22)21(26)25-31(27,28)19-4-2-3-18-16(19)7-10-23-18/h2-4,7,10-12,14,23H,5-6,8-9,13H2,1H3,(H,25,26). The highest BCUT2D eigenvalue weighted by molar-refractivity contribution is 7.90. The van der Waals surface area contributed by atoms with Crippen molar-refractivity contribution >= 4 is 26.8 Å². The van der Waals surface area contributed by atoms with Crippen LogP contribution in [0.15, 0.2) is 47.6 Å². The molecule has 8 nitrogen and oxygen atoms in total. The minimum absolute atomic E-state index is 0.0596. The average Bonchev–Trinajstić information content (AvgIpc) is 3.69. The fourth-order valence-electron chi connectivity index (χ4n) is 3.79. The van der Waals surface area contributed by atoms with Crippen LogP contribution in [-0.4, -0.2) is 38.0 Å². The van der Waals surface area contributed by atoms with Crippen molar-refractivity contribution in [2.75, 3.05) is 13.7 Å². The number of benzene rings is 1. The molecule has 9 heteroatoms. The van der Waals surface area contributed by atoms with Crippen molar-refractivity contribution < 1.29 is 22.7 Å². The van der Waals surface area contributed by atoms with E-state index in [4.69, 9.17) is 9.47 Å². The van der Waals surface area contributed by atoms with Gasteiger partial charge in [-0.15, -0.1) is 0 Å². The Bertz CT molecular complexity index is 1260. The Balaban J connectivity index is 1.46. The molecule has 5 rings (SSSR count). The molecule has 1 aromatic carbocycles. The summed E-state index contributed by atoms with van der Waals surface area (Å²) in [5, 5.41) is 0.532. The van der Waals surface area contributed by atoms with Crippen molar-refractivity contribution in [1.29, 1.82) is 0 Å². The van der Waals surface area contributed by atoms with E-state index in [9.17, 15) is 13.2 Å². The van der Waals surface area contributed by atoms with Crippen molar-refractivity contribution in [3.63, 3.8) is 0 Å². The minimum atomic E-state index is -4.06. The molecule has 2 fully saturated rings. The first-order valence-corrected chi connectivity index (χ1v) is 11.7. The highest BCUT2D eigenvalue weighted by atomic mass is 32.2. The van der Waals surface area contributed by atoms with Crippen LogP contribution in [-0.2, 0) is 20.2 Å². The van der Waals surface area contributed by atoms with Gasteiger partial charge in [0.2, 0.25) is 11.8 Å². The Labute approximate surface area is 180 Å². The molecule has 2 aliphatic carbocycles. The van der Waals surface area contributed by atoms with Gasteiger partial charge in [-0.2, -0.15) is 0 Å². The quantitative estimate of drug-likeness (QED) is 0.556. The normalized spacial score (nSPS) is 17.3. The average molecular weight is 442 g/mol. The van der Waals surface area contributed by atoms with Crippen LogP contribution in [0.25, 0.3) is 10.9 Å². The Morgan fingerprint density at radius 3 is 2.81 bits per heavy atom. The number of sulfonamides is 1. The van der Waals surface area contributed by atoms with Gasteiger partial charge in [0.15, 0.2) is 0 Å². The van der Waals surface area contributed by atoms with Crippen molar-refractivity contribution in [3.05, 3.63) is 48.3 Å². The highest BCUT2D eigenvalue weighted by Gasteiger charge is 2.54. The second-order valence-corrected chi connectivity index (χ2v) is 9.84. The molecule has 0 unspecified atom stereocenters. The first-order chi connectivity index (χ1) is 14.9. The number of hydrogen-bond donors (Lipinski definition) is 2. The molecule has 1 amide bonds. The number of amides is 1. The third kappa shape index (κ3) is 3.63. The van der Waals surface area contributed by atoms with Gasteiger partial charge in [-0.1, -0.05) is 6.07 Å². The number of aromatic nitrogens is 2. The van der Waals surface area contributed by atoms with Crippen LogP contribution in [0.1, 0.15) is 31.2 Å². The lowest BCUT2D eigenvalue weighted by atomic mass is 9.96. The van der Waals surface area contributed by atoms with E-state index in [0.29, 0.717) is 53.5 Å². The first kappa shape index (κ1) is 19.9. The minimum Gasteiger partial charge on any atom is -0.495 e. The van der Waals surface area contributed by atoms with Crippen molar-refractivity contribution in [2.24, 2.45) is 5.92 Å². The fourth-order valence-corrected chi connectivity index (χ4v) is 5.07. The lowest BCUT2D eigenvalue weighted by Crippen LogP contribution is -2.39. The maximum absolute atomic E-state index is 13.3. The second-order valence-electron chi connectivity index (χ2n) is 8.19. The van der Waals surface area contributed by atoms with E-state index < -0.39 is 21.3 Å². The molecule has 2 aromatic heterocycles. The van der Waals surface area contributed by atoms with Crippen molar-refractivity contribution in [3.8, 4) is 11.6 Å². The number of hydrogen-bond acceptors (Lipinski definition) is 6. The van der Waals surface area contributed by atoms with E-state index in [1.807, 2.05) is 0 Å². The van der Waals surface area contributed by atoms with Crippen molar-refractivity contribution in [1.82, 2.24) is 14.7 Å². The summed E-state index contributed by atoms with van der Waals surface area (Å²) in [6, 6.07) is 8.31. The molecule has 3 aromatic rings. The largest absolute Gasteiger partial charge is 0.495 e. The number of pyridine rings is 1. The number of nitrogens with zero attached hydrogens (tertiary/aromatic N) is 1. The molecule has 2 N–H and O–H groups in total. The zero-order valence-corrected chi connectivity index (χ0v) is 17.9. The summed E-state index contributed by atoms with van der Waals surface area (Å²) >= 11 is 0. The summed E-state index contributed by atoms with van der Waals surface area (Å²) in [5.74, 6) is 0.799. The molecule has 0 radical (unpaired) electrons. The second kappa shape index (κ2) is 7.26. The fraction of sp³-hybridized carbons (Fsp3) is 0.364. The number of rotatable bonds is 8. The maximum Gasteiger partial charge on any atom is 0.264 e. The molecule has 0 spiro atoms. The Morgan fingerprint density at radius 1 is 1.29 bits per heavy atom. The number of fused-ring (bicyclic) bond motifs is 1. The van der Waals surface area contributed by atoms with Crippen LogP contribution in [0.3, 0.4) is 0 Å². The van der Waals surface area contributed by atoms with Gasteiger partial charge in [-0.05, 0) is 55.9 Å². The van der Waals surface area contributed by atoms with Crippen LogP contribution in [0, 0.1) is 5.92 Å². The molecule has 0 atom stereocenters. The van der Waals surface area contributed by atoms with Gasteiger partial charge < -0.3 is 14.5 Å². The van der Waals surface area contributed by atoms with Gasteiger partial charge in [0.05, 0.1) is 30.2 Å². The third-order valence-corrected chi connectivity index (χ3v) is 7.38. The summed E-state index contributed by atoms with van der Waals surface area (Å²) in [5.41, 5.74) is 0.253. The molecule has 0 aliphatic heterocycles. The molecule has 0 saturated heterocycles. The van der Waals surface area contributed by atoms with Gasteiger partial charge in [0.1, 0.15) is 5.75 Å². The summed E-state index contributed by atoms with van der Waals surface area (Å²) < 4.78 is 39.6. The SMILES string of the molecule is COc1cnc(OCC2CC2)c(C2(C(=O)NS(=O)(=O)c3cccc4[nH]ccc34)CC2)c1. The first-order valence-electron chi connectivity index (χ1n) is 10.2. The summed E-state index contributed by atoms with van der Waals surface area (Å²) in [6.07, 6.45) is 6.48. The molecular formula is C22H23N3O5S. The number of H-pyrrole nitrogens is 1. The predicted octanol–water partition coefficient (Wildman–Crippen LogP) is 2.90. The van der Waals surface area contributed by atoms with Gasteiger partial charge in [-0.25, -0.2) is 18.1 Å². The number of carbonyl (C=O) groups is 1. The maximum atomic E-state index is 13.3. The predicted molar refractivity (Wildman–Crippen MR) is 114 cm³/mol. The van der Waals surface area contributed by atoms with E-state index in [1.165, 1.54) is 13.2 Å². The van der Waals surface area contributed by atoms with Gasteiger partial charge in [-0.3, -0.25) is 4.79 Å². The Kier molecular flexibility index (Phi) is 4.65. The number of methoxy groups -OCH3 is 1. The van der Waals surface area contributed by atoms with Gasteiger partial charge in [0, 0.05) is 22.7 Å². The smallest absolute Gasteiger partial charge is 0.264 e. The van der Waals surface area contributed by atoms with Crippen LogP contribution >= 0.6 is 0 Å². The lowest BCUT2D eigenvalue weighted by Gasteiger charge is -2.19. The third-order valence-electron chi connectivity index (χ3n) is 5.99. The topological polar surface area (TPSA) is 110 Å². The van der Waals surface area contributed by atoms with Crippen LogP contribution in [0.2, 0.25) is 0 Å². The Hall–Kier alpha value is -3.07. The van der Waals surface area contributed by atoms with Crippen molar-refractivity contribution in [2.45, 2.75) is 36.0 Å². The van der Waals surface area contributed by atoms with Gasteiger partial charge >= 0.3 is 0 Å². The number of ether oxygens (including phenoxy) is 2. The molecule has 31 heavy (non-hydrogen) atoms. The summed E-state index contributed by atoms with van der Waals surface area (Å²) in [6.45, 7) is 0.539. The molecule has 162 valence electrons. The Morgan fingerprint density at radius 2 is 2.10 bits per heavy atom. The monoisotopic (exact) mass is 441 g/mol. The van der Waals surface area contributed by atoms with Crippen LogP contribution in [0.4, 0.5) is 0 Å². The van der Waals surface area contributed by atoms with E-state index in [2.05, 4.69) is 14.7 Å². The number of carbonyl (C=O) groups excluding carboxylic acids is 1. The zero-order valence-electron chi connectivity index (χ0n) is 17.1. The highest BCUT2D eigenvalue weighted by Crippen LogP contribution is 2.52. The van der Waals surface area contributed by atoms with E-state index >= 15 is 0 Å². The molecular weight excluding hydrogens is 418 g/mol. The van der Waals surface area contributed by atoms with E-state index in [-0.39, 0.29) is 4.90 Å². The lowest BCUT2D eigenvalue weighted by molar-refractivity contribution is -0.121. The van der Waals surface area contributed by atoms with Gasteiger partial charge in [0.25, 0.3) is 10.0 Å². The van der Waals surface area contributed by atoms with E-state index in [0.717, 1.165) is 12.8 Å². The van der Waals surface area contributed by atoms with Crippen LogP contribution in [0.5, 0.6) is 11.6 Å².